The first-order valence-corrected chi connectivity index (χ1v) is 6.90. The Labute approximate surface area is 109 Å². The Balaban J connectivity index is 1.77. The predicted octanol–water partition coefficient (Wildman–Crippen LogP) is 0.572. The average molecular weight is 252 g/mol. The first-order valence-electron chi connectivity index (χ1n) is 6.90. The zero-order valence-corrected chi connectivity index (χ0v) is 11.4. The predicted molar refractivity (Wildman–Crippen MR) is 72.5 cm³/mol. The Morgan fingerprint density at radius 2 is 2.00 bits per heavy atom. The fraction of sp³-hybridized carbons (Fsp3) is 0.846. The Hall–Kier alpha value is -1.26. The fourth-order valence-corrected chi connectivity index (χ4v) is 1.80. The molecule has 0 aromatic heterocycles. The van der Waals surface area contributed by atoms with E-state index < -0.39 is 0 Å². The van der Waals surface area contributed by atoms with E-state index in [2.05, 4.69) is 15.6 Å². The molecule has 0 saturated heterocycles. The fourth-order valence-electron chi connectivity index (χ4n) is 1.80. The maximum atomic E-state index is 11.5. The quantitative estimate of drug-likeness (QED) is 0.555. The minimum Gasteiger partial charge on any atom is -0.356 e. The molecule has 0 aromatic carbocycles. The second-order valence-electron chi connectivity index (χ2n) is 5.55. The number of rotatable bonds is 5. The summed E-state index contributed by atoms with van der Waals surface area (Å²) in [6, 6.07) is 0.562. The lowest BCUT2D eigenvalue weighted by Crippen LogP contribution is -2.42. The van der Waals surface area contributed by atoms with Crippen molar-refractivity contribution in [2.75, 3.05) is 27.2 Å². The highest BCUT2D eigenvalue weighted by molar-refractivity contribution is 5.85. The van der Waals surface area contributed by atoms with Crippen LogP contribution in [0.2, 0.25) is 0 Å². The smallest absolute Gasteiger partial charge is 0.243 e. The molecule has 0 radical (unpaired) electrons. The zero-order valence-electron chi connectivity index (χ0n) is 11.4. The molecule has 0 atom stereocenters. The van der Waals surface area contributed by atoms with Crippen LogP contribution in [-0.2, 0) is 4.79 Å². The van der Waals surface area contributed by atoms with E-state index in [1.807, 2.05) is 0 Å². The van der Waals surface area contributed by atoms with E-state index in [-0.39, 0.29) is 12.5 Å². The number of amides is 1. The zero-order chi connectivity index (χ0) is 13.0. The van der Waals surface area contributed by atoms with Gasteiger partial charge in [-0.1, -0.05) is 6.42 Å². The maximum Gasteiger partial charge on any atom is 0.243 e. The third kappa shape index (κ3) is 4.20. The number of likely N-dealkylation sites (N-methyl/N-ethyl adjacent to an activating group) is 1. The number of carbonyl (C=O) groups excluding carboxylic acids is 1. The van der Waals surface area contributed by atoms with Gasteiger partial charge in [-0.25, -0.2) is 4.99 Å². The summed E-state index contributed by atoms with van der Waals surface area (Å²) in [5, 5.41) is 6.71. The van der Waals surface area contributed by atoms with Gasteiger partial charge in [-0.2, -0.15) is 0 Å². The van der Waals surface area contributed by atoms with Crippen molar-refractivity contribution in [3.63, 3.8) is 0 Å². The Morgan fingerprint density at radius 3 is 2.50 bits per heavy atom. The van der Waals surface area contributed by atoms with Gasteiger partial charge in [-0.3, -0.25) is 4.79 Å². The number of hydrogen-bond acceptors (Lipinski definition) is 2. The molecule has 5 heteroatoms. The lowest BCUT2D eigenvalue weighted by atomic mass is 9.85. The Morgan fingerprint density at radius 1 is 1.28 bits per heavy atom. The number of carbonyl (C=O) groups is 1. The van der Waals surface area contributed by atoms with Crippen LogP contribution < -0.4 is 10.6 Å². The minimum absolute atomic E-state index is 0.0375. The summed E-state index contributed by atoms with van der Waals surface area (Å²) in [4.78, 5) is 17.4. The lowest BCUT2D eigenvalue weighted by molar-refractivity contribution is -0.127. The standard InChI is InChI=1S/C13H24N4O/c1-17(2)12(18)9-15-13(16-11-6-7-11)14-8-10-4-3-5-10/h10-11H,3-9H2,1-2H3,(H2,14,15,16). The van der Waals surface area contributed by atoms with Crippen molar-refractivity contribution in [2.24, 2.45) is 10.9 Å². The number of aliphatic imine (C=N–C) groups is 1. The van der Waals surface area contributed by atoms with Gasteiger partial charge in [-0.15, -0.1) is 0 Å². The summed E-state index contributed by atoms with van der Waals surface area (Å²) in [5.41, 5.74) is 0. The molecule has 2 N–H and O–H groups in total. The Kier molecular flexibility index (Phi) is 4.44. The molecular weight excluding hydrogens is 228 g/mol. The third-order valence-electron chi connectivity index (χ3n) is 3.57. The second-order valence-corrected chi connectivity index (χ2v) is 5.55. The van der Waals surface area contributed by atoms with Crippen LogP contribution in [0.5, 0.6) is 0 Å². The molecule has 0 aliphatic heterocycles. The molecule has 1 amide bonds. The van der Waals surface area contributed by atoms with Gasteiger partial charge >= 0.3 is 0 Å². The lowest BCUT2D eigenvalue weighted by Gasteiger charge is -2.26. The maximum absolute atomic E-state index is 11.5. The van der Waals surface area contributed by atoms with Crippen LogP contribution >= 0.6 is 0 Å². The van der Waals surface area contributed by atoms with Crippen molar-refractivity contribution in [3.8, 4) is 0 Å². The van der Waals surface area contributed by atoms with Crippen LogP contribution in [0.3, 0.4) is 0 Å². The van der Waals surface area contributed by atoms with Crippen molar-refractivity contribution < 1.29 is 4.79 Å². The van der Waals surface area contributed by atoms with Gasteiger partial charge in [-0.05, 0) is 31.6 Å². The highest BCUT2D eigenvalue weighted by Crippen LogP contribution is 2.25. The molecule has 5 nitrogen and oxygen atoms in total. The molecule has 18 heavy (non-hydrogen) atoms. The van der Waals surface area contributed by atoms with Gasteiger partial charge in [0.25, 0.3) is 0 Å². The molecule has 2 rings (SSSR count). The van der Waals surface area contributed by atoms with E-state index in [0.717, 1.165) is 18.4 Å². The largest absolute Gasteiger partial charge is 0.356 e. The van der Waals surface area contributed by atoms with Crippen molar-refractivity contribution in [1.82, 2.24) is 15.5 Å². The van der Waals surface area contributed by atoms with E-state index in [0.29, 0.717) is 6.04 Å². The summed E-state index contributed by atoms with van der Waals surface area (Å²) < 4.78 is 0. The SMILES string of the molecule is CN(C)C(=O)CN=C(NCC1CCC1)NC1CC1. The molecule has 0 unspecified atom stereocenters. The molecule has 2 aliphatic rings. The van der Waals surface area contributed by atoms with E-state index in [1.54, 1.807) is 19.0 Å². The van der Waals surface area contributed by atoms with Crippen LogP contribution in [0.25, 0.3) is 0 Å². The normalized spacial score (nSPS) is 20.2. The molecule has 0 spiro atoms. The van der Waals surface area contributed by atoms with Crippen LogP contribution in [0, 0.1) is 5.92 Å². The first-order chi connectivity index (χ1) is 8.65. The third-order valence-corrected chi connectivity index (χ3v) is 3.57. The van der Waals surface area contributed by atoms with E-state index in [9.17, 15) is 4.79 Å². The number of nitrogens with zero attached hydrogens (tertiary/aromatic N) is 2. The molecule has 0 bridgehead atoms. The summed E-state index contributed by atoms with van der Waals surface area (Å²) in [7, 11) is 3.52. The molecule has 102 valence electrons. The van der Waals surface area contributed by atoms with Gasteiger partial charge in [0.15, 0.2) is 5.96 Å². The Bertz CT molecular complexity index is 319. The molecule has 2 saturated carbocycles. The molecule has 2 fully saturated rings. The molecule has 0 aromatic rings. The summed E-state index contributed by atoms with van der Waals surface area (Å²) in [6.07, 6.45) is 6.42. The average Bonchev–Trinajstić information content (AvgIpc) is 3.06. The van der Waals surface area contributed by atoms with Crippen molar-refractivity contribution in [3.05, 3.63) is 0 Å². The van der Waals surface area contributed by atoms with Crippen LogP contribution in [0.15, 0.2) is 4.99 Å². The molecular formula is C13H24N4O. The first kappa shape index (κ1) is 13.2. The molecule has 0 heterocycles. The molecule has 2 aliphatic carbocycles. The number of hydrogen-bond donors (Lipinski definition) is 2. The van der Waals surface area contributed by atoms with Crippen molar-refractivity contribution in [1.29, 1.82) is 0 Å². The monoisotopic (exact) mass is 252 g/mol. The highest BCUT2D eigenvalue weighted by Gasteiger charge is 2.23. The van der Waals surface area contributed by atoms with Crippen LogP contribution in [-0.4, -0.2) is 50.0 Å². The van der Waals surface area contributed by atoms with Gasteiger partial charge in [0.05, 0.1) is 0 Å². The second kappa shape index (κ2) is 6.07. The number of guanidine groups is 1. The topological polar surface area (TPSA) is 56.7 Å². The highest BCUT2D eigenvalue weighted by atomic mass is 16.2. The van der Waals surface area contributed by atoms with Gasteiger partial charge in [0.1, 0.15) is 6.54 Å². The van der Waals surface area contributed by atoms with Gasteiger partial charge in [0, 0.05) is 26.7 Å². The van der Waals surface area contributed by atoms with Gasteiger partial charge in [0.2, 0.25) is 5.91 Å². The van der Waals surface area contributed by atoms with E-state index in [1.165, 1.54) is 32.1 Å². The van der Waals surface area contributed by atoms with Crippen LogP contribution in [0.1, 0.15) is 32.1 Å². The summed E-state index contributed by atoms with van der Waals surface area (Å²) in [6.45, 7) is 1.20. The van der Waals surface area contributed by atoms with Crippen molar-refractivity contribution >= 4 is 11.9 Å². The van der Waals surface area contributed by atoms with E-state index >= 15 is 0 Å². The summed E-state index contributed by atoms with van der Waals surface area (Å²) in [5.74, 6) is 1.64. The van der Waals surface area contributed by atoms with E-state index in [4.69, 9.17) is 0 Å². The summed E-state index contributed by atoms with van der Waals surface area (Å²) >= 11 is 0. The minimum atomic E-state index is 0.0375. The van der Waals surface area contributed by atoms with Crippen LogP contribution in [0.4, 0.5) is 0 Å². The van der Waals surface area contributed by atoms with Gasteiger partial charge < -0.3 is 15.5 Å². The van der Waals surface area contributed by atoms with Crippen molar-refractivity contribution in [2.45, 2.75) is 38.1 Å². The number of nitrogens with one attached hydrogen (secondary N) is 2.